The standard InChI is InChI=1S/C32H24Cl2F5N7O3S/c1-2-8-44(32(49)41-11-15-6-7-18(33)19(34)9-15)45-14-23(47)46-20(10-17-24(35)26(37)28(39)27(38)25(17)36)30(48)43(13-22(45)46)12-16-4-3-5-21-29(16)42-31(40)50-21/h1,3-7,9,20,22H,8,10-14H2,(H2,40,42)(H,41,49)/t20-,22+/m0/s1. The maximum atomic E-state index is 15.0. The normalized spacial score (nSPS) is 17.7. The van der Waals surface area contributed by atoms with E-state index in [0.717, 1.165) is 9.91 Å². The second kappa shape index (κ2) is 13.9. The number of urea groups is 1. The Bertz CT molecular complexity index is 2070. The van der Waals surface area contributed by atoms with Crippen molar-refractivity contribution in [3.63, 3.8) is 0 Å². The predicted molar refractivity (Wildman–Crippen MR) is 175 cm³/mol. The number of aromatic nitrogens is 1. The monoisotopic (exact) mass is 751 g/mol. The van der Waals surface area contributed by atoms with E-state index in [1.165, 1.54) is 21.2 Å². The highest BCUT2D eigenvalue weighted by atomic mass is 35.5. The summed E-state index contributed by atoms with van der Waals surface area (Å²) in [6.45, 7) is -1.27. The molecule has 2 atom stereocenters. The molecule has 2 aliphatic rings. The molecule has 2 aliphatic heterocycles. The number of nitrogen functional groups attached to an aromatic ring is 1. The van der Waals surface area contributed by atoms with Crippen molar-refractivity contribution in [3.05, 3.63) is 92.2 Å². The van der Waals surface area contributed by atoms with E-state index in [2.05, 4.69) is 16.2 Å². The highest BCUT2D eigenvalue weighted by Gasteiger charge is 2.52. The van der Waals surface area contributed by atoms with E-state index >= 15 is 0 Å². The Labute approximate surface area is 295 Å². The number of nitrogens with zero attached hydrogens (tertiary/aromatic N) is 5. The van der Waals surface area contributed by atoms with Gasteiger partial charge in [0.2, 0.25) is 17.6 Å². The van der Waals surface area contributed by atoms with E-state index < -0.39 is 77.7 Å². The number of thiazole rings is 1. The molecule has 0 spiro atoms. The Kier molecular flexibility index (Phi) is 9.78. The molecule has 2 fully saturated rings. The number of carbonyl (C=O) groups excluding carboxylic acids is 3. The average Bonchev–Trinajstić information content (AvgIpc) is 3.64. The number of benzene rings is 3. The number of nitrogens with two attached hydrogens (primary N) is 1. The molecule has 50 heavy (non-hydrogen) atoms. The summed E-state index contributed by atoms with van der Waals surface area (Å²) in [4.78, 5) is 47.8. The largest absolute Gasteiger partial charge is 0.375 e. The average molecular weight is 753 g/mol. The van der Waals surface area contributed by atoms with Crippen molar-refractivity contribution in [1.82, 2.24) is 30.1 Å². The minimum Gasteiger partial charge on any atom is -0.375 e. The number of rotatable bonds is 8. The third-order valence-corrected chi connectivity index (χ3v) is 9.95. The Morgan fingerprint density at radius 3 is 2.44 bits per heavy atom. The molecule has 0 saturated carbocycles. The van der Waals surface area contributed by atoms with Crippen LogP contribution in [0.15, 0.2) is 36.4 Å². The van der Waals surface area contributed by atoms with Gasteiger partial charge in [-0.1, -0.05) is 58.7 Å². The quantitative estimate of drug-likeness (QED) is 0.113. The summed E-state index contributed by atoms with van der Waals surface area (Å²) >= 11 is 13.3. The number of hydrazine groups is 1. The number of hydrogen-bond donors (Lipinski definition) is 2. The van der Waals surface area contributed by atoms with E-state index in [-0.39, 0.29) is 36.3 Å². The first kappa shape index (κ1) is 35.1. The number of nitrogens with one attached hydrogen (secondary N) is 1. The molecule has 4 aromatic rings. The molecule has 3 heterocycles. The van der Waals surface area contributed by atoms with Crippen LogP contribution in [-0.4, -0.2) is 74.5 Å². The van der Waals surface area contributed by atoms with E-state index in [1.807, 2.05) is 0 Å². The summed E-state index contributed by atoms with van der Waals surface area (Å²) in [5.41, 5.74) is 6.23. The number of fused-ring (bicyclic) bond motifs is 2. The summed E-state index contributed by atoms with van der Waals surface area (Å²) in [6.07, 6.45) is 3.37. The summed E-state index contributed by atoms with van der Waals surface area (Å²) in [7, 11) is 0. The molecule has 260 valence electrons. The maximum Gasteiger partial charge on any atom is 0.333 e. The van der Waals surface area contributed by atoms with Gasteiger partial charge in [0.1, 0.15) is 12.2 Å². The van der Waals surface area contributed by atoms with Crippen LogP contribution in [0.1, 0.15) is 16.7 Å². The zero-order chi connectivity index (χ0) is 36.0. The number of hydrogen-bond acceptors (Lipinski definition) is 7. The van der Waals surface area contributed by atoms with Crippen molar-refractivity contribution in [3.8, 4) is 12.3 Å². The Morgan fingerprint density at radius 1 is 1.06 bits per heavy atom. The number of halogens is 7. The van der Waals surface area contributed by atoms with Crippen molar-refractivity contribution < 1.29 is 36.3 Å². The predicted octanol–water partition coefficient (Wildman–Crippen LogP) is 5.06. The number of amides is 4. The Morgan fingerprint density at radius 2 is 1.76 bits per heavy atom. The van der Waals surface area contributed by atoms with Gasteiger partial charge in [-0.25, -0.2) is 36.7 Å². The van der Waals surface area contributed by atoms with Crippen molar-refractivity contribution in [2.75, 3.05) is 25.4 Å². The fourth-order valence-corrected chi connectivity index (χ4v) is 7.16. The van der Waals surface area contributed by atoms with Gasteiger partial charge in [-0.05, 0) is 29.3 Å². The number of piperazine rings is 1. The van der Waals surface area contributed by atoms with Crippen LogP contribution in [0.3, 0.4) is 0 Å². The van der Waals surface area contributed by atoms with Gasteiger partial charge < -0.3 is 20.9 Å². The number of terminal acetylenes is 1. The van der Waals surface area contributed by atoms with E-state index in [0.29, 0.717) is 26.4 Å². The van der Waals surface area contributed by atoms with Crippen LogP contribution in [0.2, 0.25) is 10.0 Å². The van der Waals surface area contributed by atoms with Crippen LogP contribution in [0.4, 0.5) is 31.9 Å². The van der Waals surface area contributed by atoms with Crippen LogP contribution in [-0.2, 0) is 29.1 Å². The van der Waals surface area contributed by atoms with Crippen molar-refractivity contribution in [1.29, 1.82) is 0 Å². The lowest BCUT2D eigenvalue weighted by atomic mass is 9.98. The lowest BCUT2D eigenvalue weighted by Gasteiger charge is -2.46. The number of anilines is 1. The fraction of sp³-hybridized carbons (Fsp3) is 0.250. The van der Waals surface area contributed by atoms with Gasteiger partial charge in [0.25, 0.3) is 0 Å². The highest BCUT2D eigenvalue weighted by molar-refractivity contribution is 7.22. The molecule has 0 radical (unpaired) electrons. The number of para-hydroxylation sites is 1. The molecule has 0 bridgehead atoms. The van der Waals surface area contributed by atoms with Crippen LogP contribution in [0.5, 0.6) is 0 Å². The molecule has 3 aromatic carbocycles. The summed E-state index contributed by atoms with van der Waals surface area (Å²) in [6, 6.07) is 7.38. The first-order chi connectivity index (χ1) is 23.8. The molecule has 0 aliphatic carbocycles. The van der Waals surface area contributed by atoms with Gasteiger partial charge in [-0.3, -0.25) is 9.59 Å². The van der Waals surface area contributed by atoms with Gasteiger partial charge >= 0.3 is 6.03 Å². The zero-order valence-corrected chi connectivity index (χ0v) is 27.9. The first-order valence-electron chi connectivity index (χ1n) is 14.7. The van der Waals surface area contributed by atoms with Gasteiger partial charge in [0.05, 0.1) is 39.9 Å². The highest BCUT2D eigenvalue weighted by Crippen LogP contribution is 2.34. The van der Waals surface area contributed by atoms with Crippen LogP contribution < -0.4 is 11.1 Å². The molecular weight excluding hydrogens is 728 g/mol. The Hall–Kier alpha value is -4.69. The zero-order valence-electron chi connectivity index (χ0n) is 25.5. The second-order valence-electron chi connectivity index (χ2n) is 11.4. The molecule has 18 heteroatoms. The smallest absolute Gasteiger partial charge is 0.333 e. The summed E-state index contributed by atoms with van der Waals surface area (Å²) < 4.78 is 73.0. The molecule has 3 N–H and O–H groups in total. The van der Waals surface area contributed by atoms with Crippen LogP contribution in [0.25, 0.3) is 10.2 Å². The Balaban J connectivity index is 1.36. The second-order valence-corrected chi connectivity index (χ2v) is 13.2. The van der Waals surface area contributed by atoms with E-state index in [1.54, 1.807) is 36.4 Å². The van der Waals surface area contributed by atoms with Gasteiger partial charge in [0.15, 0.2) is 28.4 Å². The first-order valence-corrected chi connectivity index (χ1v) is 16.3. The minimum absolute atomic E-state index is 0.0266. The molecular formula is C32H24Cl2F5N7O3S. The molecule has 4 amide bonds. The maximum absolute atomic E-state index is 15.0. The molecule has 6 rings (SSSR count). The topological polar surface area (TPSA) is 115 Å². The van der Waals surface area contributed by atoms with Gasteiger partial charge in [0, 0.05) is 25.1 Å². The van der Waals surface area contributed by atoms with Crippen molar-refractivity contribution in [2.45, 2.75) is 31.7 Å². The van der Waals surface area contributed by atoms with Crippen molar-refractivity contribution >= 4 is 67.7 Å². The van der Waals surface area contributed by atoms with E-state index in [9.17, 15) is 36.3 Å². The minimum atomic E-state index is -2.37. The summed E-state index contributed by atoms with van der Waals surface area (Å²) in [5, 5.41) is 5.85. The molecule has 1 aromatic heterocycles. The third kappa shape index (κ3) is 6.37. The SMILES string of the molecule is C#CCN(C(=O)NCc1ccc(Cl)c(Cl)c1)N1CC(=O)N2[C@@H](Cc3c(F)c(F)c(F)c(F)c3F)C(=O)N(Cc3cccc4sc(N)nc34)C[C@@H]21. The van der Waals surface area contributed by atoms with Gasteiger partial charge in [-0.15, -0.1) is 6.42 Å². The van der Waals surface area contributed by atoms with E-state index in [4.69, 9.17) is 35.4 Å². The third-order valence-electron chi connectivity index (χ3n) is 8.36. The lowest BCUT2D eigenvalue weighted by Crippen LogP contribution is -2.66. The lowest BCUT2D eigenvalue weighted by molar-refractivity contribution is -0.157. The molecule has 2 saturated heterocycles. The molecule has 10 nitrogen and oxygen atoms in total. The fourth-order valence-electron chi connectivity index (χ4n) is 6.05. The summed E-state index contributed by atoms with van der Waals surface area (Å²) in [5.74, 6) is -10.3. The van der Waals surface area contributed by atoms with Crippen LogP contribution >= 0.6 is 34.5 Å². The molecule has 0 unspecified atom stereocenters. The number of carbonyl (C=O) groups is 3. The van der Waals surface area contributed by atoms with Crippen molar-refractivity contribution in [2.24, 2.45) is 0 Å². The van der Waals surface area contributed by atoms with Gasteiger partial charge in [-0.2, -0.15) is 5.01 Å². The van der Waals surface area contributed by atoms with Crippen LogP contribution in [0, 0.1) is 41.4 Å².